The molecule has 0 aliphatic carbocycles. The SMILES string of the molecule is CC/C=C\C/C=C\C/C=C\C/C=C\C/C=C\C/C=C\C/C=C\CCCCOCC(COP(=O)([O-])OCC[N+](C)(C)C)OC(=O)CCCCC/C=C\C/C=C\C/C=C\C/C=C\C/C=C\CC. The van der Waals surface area contributed by atoms with Gasteiger partial charge in [-0.05, 0) is 116 Å². The van der Waals surface area contributed by atoms with Gasteiger partial charge in [-0.15, -0.1) is 0 Å². The Bertz CT molecular complexity index is 1540. The Morgan fingerprint density at radius 3 is 1.23 bits per heavy atom. The van der Waals surface area contributed by atoms with Gasteiger partial charge in [0.25, 0.3) is 7.82 Å². The summed E-state index contributed by atoms with van der Waals surface area (Å²) in [5.41, 5.74) is 0. The second kappa shape index (κ2) is 46.9. The number of esters is 1. The van der Waals surface area contributed by atoms with Crippen LogP contribution in [0.5, 0.6) is 0 Å². The van der Waals surface area contributed by atoms with E-state index in [9.17, 15) is 14.3 Å². The average Bonchev–Trinajstić information content (AvgIpc) is 3.27. The number of hydrogen-bond acceptors (Lipinski definition) is 7. The second-order valence-corrected chi connectivity index (χ2v) is 18.1. The molecule has 0 aliphatic rings. The third kappa shape index (κ3) is 51.2. The van der Waals surface area contributed by atoms with Gasteiger partial charge in [0.2, 0.25) is 0 Å². The zero-order chi connectivity index (χ0) is 47.6. The summed E-state index contributed by atoms with van der Waals surface area (Å²) in [5, 5.41) is 0. The van der Waals surface area contributed by atoms with Crippen LogP contribution < -0.4 is 4.89 Å². The van der Waals surface area contributed by atoms with Crippen molar-refractivity contribution in [2.45, 2.75) is 148 Å². The first-order chi connectivity index (χ1) is 31.6. The Morgan fingerprint density at radius 2 is 0.846 bits per heavy atom. The van der Waals surface area contributed by atoms with Crippen LogP contribution in [0.2, 0.25) is 0 Å². The maximum atomic E-state index is 12.7. The average molecular weight is 920 g/mol. The summed E-state index contributed by atoms with van der Waals surface area (Å²) < 4.78 is 34.6. The van der Waals surface area contributed by atoms with Gasteiger partial charge in [-0.25, -0.2) is 0 Å². The molecule has 0 amide bonds. The maximum absolute atomic E-state index is 12.7. The summed E-state index contributed by atoms with van der Waals surface area (Å²) >= 11 is 0. The predicted molar refractivity (Wildman–Crippen MR) is 276 cm³/mol. The van der Waals surface area contributed by atoms with E-state index >= 15 is 0 Å². The number of ether oxygens (including phenoxy) is 2. The molecule has 0 bridgehead atoms. The molecule has 0 fully saturated rings. The highest BCUT2D eigenvalue weighted by Crippen LogP contribution is 2.38. The molecule has 65 heavy (non-hydrogen) atoms. The molecular formula is C56H90NO7P. The topological polar surface area (TPSA) is 94.1 Å². The number of phosphoric ester groups is 1. The molecule has 9 heteroatoms. The lowest BCUT2D eigenvalue weighted by Gasteiger charge is -2.28. The fourth-order valence-electron chi connectivity index (χ4n) is 5.67. The van der Waals surface area contributed by atoms with Crippen LogP contribution in [0.3, 0.4) is 0 Å². The van der Waals surface area contributed by atoms with E-state index in [0.717, 1.165) is 116 Å². The number of quaternary nitrogens is 1. The van der Waals surface area contributed by atoms with Crippen LogP contribution in [0.1, 0.15) is 142 Å². The Hall–Kier alpha value is -3.62. The van der Waals surface area contributed by atoms with Crippen molar-refractivity contribution in [1.82, 2.24) is 0 Å². The van der Waals surface area contributed by atoms with Crippen LogP contribution in [0.15, 0.2) is 146 Å². The fraction of sp³-hybridized carbons (Fsp3) is 0.554. The summed E-state index contributed by atoms with van der Waals surface area (Å²) in [5.74, 6) is -0.388. The molecule has 0 radical (unpaired) electrons. The third-order valence-electron chi connectivity index (χ3n) is 9.39. The molecule has 0 saturated carbocycles. The molecule has 366 valence electrons. The minimum Gasteiger partial charge on any atom is -0.756 e. The molecule has 0 rings (SSSR count). The van der Waals surface area contributed by atoms with Crippen molar-refractivity contribution in [2.75, 3.05) is 54.1 Å². The lowest BCUT2D eigenvalue weighted by atomic mass is 10.1. The van der Waals surface area contributed by atoms with E-state index in [0.29, 0.717) is 24.1 Å². The highest BCUT2D eigenvalue weighted by Gasteiger charge is 2.20. The monoisotopic (exact) mass is 920 g/mol. The van der Waals surface area contributed by atoms with Gasteiger partial charge in [-0.3, -0.25) is 9.36 Å². The molecule has 0 aromatic carbocycles. The number of hydrogen-bond donors (Lipinski definition) is 0. The zero-order valence-corrected chi connectivity index (χ0v) is 42.3. The lowest BCUT2D eigenvalue weighted by Crippen LogP contribution is -2.37. The summed E-state index contributed by atoms with van der Waals surface area (Å²) in [4.78, 5) is 25.1. The van der Waals surface area contributed by atoms with Crippen LogP contribution in [-0.4, -0.2) is 70.7 Å². The van der Waals surface area contributed by atoms with Crippen molar-refractivity contribution in [3.8, 4) is 0 Å². The summed E-state index contributed by atoms with van der Waals surface area (Å²) in [6.45, 7) is 4.97. The molecule has 0 aromatic rings. The van der Waals surface area contributed by atoms with Gasteiger partial charge in [-0.1, -0.05) is 166 Å². The van der Waals surface area contributed by atoms with Crippen molar-refractivity contribution >= 4 is 13.8 Å². The van der Waals surface area contributed by atoms with E-state index in [4.69, 9.17) is 18.5 Å². The van der Waals surface area contributed by atoms with Crippen LogP contribution in [0.4, 0.5) is 0 Å². The van der Waals surface area contributed by atoms with Crippen molar-refractivity contribution in [1.29, 1.82) is 0 Å². The van der Waals surface area contributed by atoms with E-state index in [2.05, 4.69) is 160 Å². The Labute approximate surface area is 397 Å². The highest BCUT2D eigenvalue weighted by atomic mass is 31.2. The van der Waals surface area contributed by atoms with Crippen LogP contribution in [0.25, 0.3) is 0 Å². The van der Waals surface area contributed by atoms with Gasteiger partial charge in [0.15, 0.2) is 0 Å². The van der Waals surface area contributed by atoms with E-state index in [-0.39, 0.29) is 32.2 Å². The van der Waals surface area contributed by atoms with Crippen LogP contribution in [0, 0.1) is 0 Å². The van der Waals surface area contributed by atoms with E-state index in [1.54, 1.807) is 0 Å². The van der Waals surface area contributed by atoms with Gasteiger partial charge in [-0.2, -0.15) is 0 Å². The number of rotatable bonds is 43. The molecule has 2 atom stereocenters. The van der Waals surface area contributed by atoms with Crippen LogP contribution >= 0.6 is 7.82 Å². The fourth-order valence-corrected chi connectivity index (χ4v) is 6.40. The zero-order valence-electron chi connectivity index (χ0n) is 41.4. The first kappa shape index (κ1) is 61.4. The predicted octanol–water partition coefficient (Wildman–Crippen LogP) is 14.6. The molecule has 0 heterocycles. The standard InChI is InChI=1S/C56H90NO7P/c1-6-8-10-12-14-16-18-20-22-24-26-27-28-29-30-32-34-36-38-40-42-44-46-48-51-61-53-55(54-63-65(59,60)62-52-50-57(3,4)5)64-56(58)49-47-45-43-41-39-37-35-33-31-25-23-21-19-17-15-13-11-9-7-2/h8-11,14-17,20-23,26-27,29-31,33-34,36-37,39-40,42,55H,6-7,12-13,18-19,24-25,28,32,35,38,41,43-54H2,1-5H3/b10-8-,11-9-,16-14-,17-15-,22-20-,23-21-,27-26-,30-29-,33-31-,36-34-,39-37-,42-40-. The smallest absolute Gasteiger partial charge is 0.306 e. The van der Waals surface area contributed by atoms with Crippen LogP contribution in [-0.2, 0) is 27.9 Å². The van der Waals surface area contributed by atoms with Crippen molar-refractivity contribution in [3.63, 3.8) is 0 Å². The summed E-state index contributed by atoms with van der Waals surface area (Å²) in [7, 11) is 1.27. The number of unbranched alkanes of at least 4 members (excludes halogenated alkanes) is 5. The molecule has 2 unspecified atom stereocenters. The van der Waals surface area contributed by atoms with E-state index in [1.807, 2.05) is 21.1 Å². The molecule has 0 aromatic heterocycles. The number of likely N-dealkylation sites (N-methyl/N-ethyl adjacent to an activating group) is 1. The molecule has 0 N–H and O–H groups in total. The molecule has 0 spiro atoms. The number of allylic oxidation sites excluding steroid dienone is 24. The van der Waals surface area contributed by atoms with Gasteiger partial charge in [0, 0.05) is 13.0 Å². The number of nitrogens with zero attached hydrogens (tertiary/aromatic N) is 1. The van der Waals surface area contributed by atoms with Crippen molar-refractivity contribution in [2.24, 2.45) is 0 Å². The highest BCUT2D eigenvalue weighted by molar-refractivity contribution is 7.45. The Kier molecular flexibility index (Phi) is 44.3. The summed E-state index contributed by atoms with van der Waals surface area (Å²) in [6, 6.07) is 0. The minimum atomic E-state index is -4.57. The first-order valence-electron chi connectivity index (χ1n) is 24.6. The number of phosphoric acid groups is 1. The van der Waals surface area contributed by atoms with Gasteiger partial charge >= 0.3 is 5.97 Å². The second-order valence-electron chi connectivity index (χ2n) is 16.7. The lowest BCUT2D eigenvalue weighted by molar-refractivity contribution is -0.870. The molecule has 8 nitrogen and oxygen atoms in total. The first-order valence-corrected chi connectivity index (χ1v) is 26.0. The van der Waals surface area contributed by atoms with Gasteiger partial charge < -0.3 is 27.9 Å². The van der Waals surface area contributed by atoms with Gasteiger partial charge in [0.1, 0.15) is 19.3 Å². The third-order valence-corrected chi connectivity index (χ3v) is 10.4. The quantitative estimate of drug-likeness (QED) is 0.0198. The Balaban J connectivity index is 4.38. The van der Waals surface area contributed by atoms with Gasteiger partial charge in [0.05, 0.1) is 34.4 Å². The summed E-state index contributed by atoms with van der Waals surface area (Å²) in [6.07, 6.45) is 70.2. The normalized spacial score (nSPS) is 14.9. The van der Waals surface area contributed by atoms with E-state index < -0.39 is 13.9 Å². The van der Waals surface area contributed by atoms with Crippen molar-refractivity contribution in [3.05, 3.63) is 146 Å². The molecular weight excluding hydrogens is 830 g/mol. The largest absolute Gasteiger partial charge is 0.756 e. The minimum absolute atomic E-state index is 0.000686. The number of carbonyl (C=O) groups is 1. The van der Waals surface area contributed by atoms with Crippen molar-refractivity contribution < 1.29 is 37.3 Å². The number of carbonyl (C=O) groups excluding carboxylic acids is 1. The molecule has 0 saturated heterocycles. The maximum Gasteiger partial charge on any atom is 0.306 e. The van der Waals surface area contributed by atoms with E-state index in [1.165, 1.54) is 0 Å². The molecule has 0 aliphatic heterocycles. The Morgan fingerprint density at radius 1 is 0.477 bits per heavy atom.